The van der Waals surface area contributed by atoms with Crippen LogP contribution in [0.2, 0.25) is 0 Å². The summed E-state index contributed by atoms with van der Waals surface area (Å²) in [6.45, 7) is 1.85. The summed E-state index contributed by atoms with van der Waals surface area (Å²) in [4.78, 5) is 16.4. The Morgan fingerprint density at radius 1 is 1.16 bits per heavy atom. The summed E-state index contributed by atoms with van der Waals surface area (Å²) >= 11 is 0. The number of carbonyl (C=O) groups excluding carboxylic acids is 1. The Kier molecular flexibility index (Phi) is 5.09. The molecule has 0 atom stereocenters. The van der Waals surface area contributed by atoms with Crippen LogP contribution < -0.4 is 10.1 Å². The molecule has 128 valence electrons. The summed E-state index contributed by atoms with van der Waals surface area (Å²) in [5, 5.41) is 9.84. The highest BCUT2D eigenvalue weighted by molar-refractivity contribution is 5.91. The number of benzene rings is 2. The Labute approximate surface area is 146 Å². The van der Waals surface area contributed by atoms with Crippen molar-refractivity contribution in [1.29, 1.82) is 0 Å². The first kappa shape index (κ1) is 16.7. The van der Waals surface area contributed by atoms with Gasteiger partial charge in [0.2, 0.25) is 5.91 Å². The van der Waals surface area contributed by atoms with Gasteiger partial charge in [0.25, 0.3) is 0 Å². The number of amides is 1. The van der Waals surface area contributed by atoms with Crippen LogP contribution in [-0.2, 0) is 11.2 Å². The number of ether oxygens (including phenoxy) is 1. The zero-order valence-corrected chi connectivity index (χ0v) is 14.2. The second-order valence-corrected chi connectivity index (χ2v) is 5.68. The van der Waals surface area contributed by atoms with Crippen LogP contribution in [0.3, 0.4) is 0 Å². The average Bonchev–Trinajstić information content (AvgIpc) is 3.07. The minimum Gasteiger partial charge on any atom is -0.496 e. The lowest BCUT2D eigenvalue weighted by molar-refractivity contribution is -0.116. The molecule has 2 N–H and O–H groups in total. The Morgan fingerprint density at radius 2 is 1.92 bits per heavy atom. The predicted molar refractivity (Wildman–Crippen MR) is 96.5 cm³/mol. The molecule has 1 heterocycles. The number of para-hydroxylation sites is 1. The van der Waals surface area contributed by atoms with Gasteiger partial charge < -0.3 is 10.1 Å². The zero-order valence-electron chi connectivity index (χ0n) is 14.2. The molecular weight excluding hydrogens is 316 g/mol. The molecule has 1 amide bonds. The normalized spacial score (nSPS) is 10.5. The predicted octanol–water partition coefficient (Wildman–Crippen LogP) is 3.36. The average molecular weight is 336 g/mol. The van der Waals surface area contributed by atoms with Gasteiger partial charge in [-0.15, -0.1) is 0 Å². The molecule has 0 saturated heterocycles. The first-order valence-electron chi connectivity index (χ1n) is 8.07. The number of hydrogen-bond donors (Lipinski definition) is 2. The van der Waals surface area contributed by atoms with Crippen LogP contribution in [0.4, 0.5) is 5.69 Å². The lowest BCUT2D eigenvalue weighted by Crippen LogP contribution is -2.12. The molecule has 0 saturated carbocycles. The summed E-state index contributed by atoms with van der Waals surface area (Å²) in [5.74, 6) is 2.18. The van der Waals surface area contributed by atoms with Gasteiger partial charge in [-0.05, 0) is 49.2 Å². The summed E-state index contributed by atoms with van der Waals surface area (Å²) < 4.78 is 5.31. The van der Waals surface area contributed by atoms with Crippen molar-refractivity contribution in [3.05, 3.63) is 59.9 Å². The molecular formula is C19H20N4O2. The van der Waals surface area contributed by atoms with Crippen molar-refractivity contribution >= 4 is 11.6 Å². The van der Waals surface area contributed by atoms with Crippen molar-refractivity contribution in [1.82, 2.24) is 15.2 Å². The van der Waals surface area contributed by atoms with E-state index in [0.29, 0.717) is 18.7 Å². The quantitative estimate of drug-likeness (QED) is 0.723. The summed E-state index contributed by atoms with van der Waals surface area (Å²) in [7, 11) is 1.64. The Hall–Kier alpha value is -3.15. The highest BCUT2D eigenvalue weighted by atomic mass is 16.5. The maximum atomic E-state index is 12.2. The van der Waals surface area contributed by atoms with Gasteiger partial charge in [0, 0.05) is 17.7 Å². The van der Waals surface area contributed by atoms with E-state index in [1.807, 2.05) is 55.5 Å². The fraction of sp³-hybridized carbons (Fsp3) is 0.211. The number of rotatable bonds is 6. The highest BCUT2D eigenvalue weighted by Gasteiger charge is 2.08. The van der Waals surface area contributed by atoms with Gasteiger partial charge in [0.05, 0.1) is 7.11 Å². The third kappa shape index (κ3) is 4.23. The molecule has 0 aliphatic heterocycles. The fourth-order valence-corrected chi connectivity index (χ4v) is 2.56. The molecule has 6 heteroatoms. The van der Waals surface area contributed by atoms with Crippen LogP contribution >= 0.6 is 0 Å². The molecule has 0 bridgehead atoms. The molecule has 3 aromatic rings. The number of H-pyrrole nitrogens is 1. The van der Waals surface area contributed by atoms with E-state index in [4.69, 9.17) is 4.74 Å². The van der Waals surface area contributed by atoms with E-state index >= 15 is 0 Å². The monoisotopic (exact) mass is 336 g/mol. The van der Waals surface area contributed by atoms with Gasteiger partial charge in [0.15, 0.2) is 5.82 Å². The Morgan fingerprint density at radius 3 is 2.60 bits per heavy atom. The minimum atomic E-state index is -0.0348. The van der Waals surface area contributed by atoms with Crippen LogP contribution in [0.1, 0.15) is 17.8 Å². The van der Waals surface area contributed by atoms with E-state index in [1.54, 1.807) is 7.11 Å². The number of aromatic amines is 1. The number of nitrogens with zero attached hydrogens (tertiary/aromatic N) is 2. The van der Waals surface area contributed by atoms with Gasteiger partial charge >= 0.3 is 0 Å². The summed E-state index contributed by atoms with van der Waals surface area (Å²) in [6, 6.07) is 15.2. The molecule has 25 heavy (non-hydrogen) atoms. The SMILES string of the molecule is COc1ccccc1CCC(=O)Nc1ccc(-c2n[nH]c(C)n2)cc1. The molecule has 0 spiro atoms. The number of aryl methyl sites for hydroxylation is 2. The molecule has 0 aliphatic rings. The second-order valence-electron chi connectivity index (χ2n) is 5.68. The van der Waals surface area contributed by atoms with Crippen molar-refractivity contribution in [3.8, 4) is 17.1 Å². The highest BCUT2D eigenvalue weighted by Crippen LogP contribution is 2.20. The van der Waals surface area contributed by atoms with E-state index in [9.17, 15) is 4.79 Å². The van der Waals surface area contributed by atoms with Crippen LogP contribution in [0, 0.1) is 6.92 Å². The van der Waals surface area contributed by atoms with Gasteiger partial charge in [-0.2, -0.15) is 5.10 Å². The number of carbonyl (C=O) groups is 1. The minimum absolute atomic E-state index is 0.0348. The topological polar surface area (TPSA) is 79.9 Å². The van der Waals surface area contributed by atoms with Gasteiger partial charge in [-0.25, -0.2) is 4.98 Å². The lowest BCUT2D eigenvalue weighted by atomic mass is 10.1. The second kappa shape index (κ2) is 7.61. The third-order valence-electron chi connectivity index (χ3n) is 3.84. The third-order valence-corrected chi connectivity index (χ3v) is 3.84. The number of aromatic nitrogens is 3. The maximum absolute atomic E-state index is 12.2. The first-order chi connectivity index (χ1) is 12.2. The number of nitrogens with one attached hydrogen (secondary N) is 2. The van der Waals surface area contributed by atoms with E-state index in [1.165, 1.54) is 0 Å². The lowest BCUT2D eigenvalue weighted by Gasteiger charge is -2.09. The first-order valence-corrected chi connectivity index (χ1v) is 8.07. The number of anilines is 1. The van der Waals surface area contributed by atoms with Crippen LogP contribution in [-0.4, -0.2) is 28.2 Å². The van der Waals surface area contributed by atoms with Crippen LogP contribution in [0.25, 0.3) is 11.4 Å². The van der Waals surface area contributed by atoms with E-state index in [2.05, 4.69) is 20.5 Å². The molecule has 0 aliphatic carbocycles. The molecule has 0 radical (unpaired) electrons. The molecule has 0 unspecified atom stereocenters. The van der Waals surface area contributed by atoms with Crippen LogP contribution in [0.5, 0.6) is 5.75 Å². The zero-order chi connectivity index (χ0) is 17.6. The van der Waals surface area contributed by atoms with Crippen molar-refractivity contribution in [2.45, 2.75) is 19.8 Å². The summed E-state index contributed by atoms with van der Waals surface area (Å²) in [6.07, 6.45) is 1.02. The molecule has 6 nitrogen and oxygen atoms in total. The Balaban J connectivity index is 1.57. The van der Waals surface area contributed by atoms with Crippen molar-refractivity contribution < 1.29 is 9.53 Å². The Bertz CT molecular complexity index is 856. The van der Waals surface area contributed by atoms with Gasteiger partial charge in [-0.1, -0.05) is 18.2 Å². The van der Waals surface area contributed by atoms with Gasteiger partial charge in [0.1, 0.15) is 11.6 Å². The van der Waals surface area contributed by atoms with Crippen molar-refractivity contribution in [2.24, 2.45) is 0 Å². The van der Waals surface area contributed by atoms with E-state index in [-0.39, 0.29) is 5.91 Å². The number of methoxy groups -OCH3 is 1. The number of hydrogen-bond acceptors (Lipinski definition) is 4. The molecule has 2 aromatic carbocycles. The standard InChI is InChI=1S/C19H20N4O2/c1-13-20-19(23-22-13)15-7-10-16(11-8-15)21-18(24)12-9-14-5-3-4-6-17(14)25-2/h3-8,10-11H,9,12H2,1-2H3,(H,21,24)(H,20,22,23). The smallest absolute Gasteiger partial charge is 0.224 e. The molecule has 1 aromatic heterocycles. The van der Waals surface area contributed by atoms with Crippen molar-refractivity contribution in [3.63, 3.8) is 0 Å². The largest absolute Gasteiger partial charge is 0.496 e. The van der Waals surface area contributed by atoms with Crippen LogP contribution in [0.15, 0.2) is 48.5 Å². The maximum Gasteiger partial charge on any atom is 0.224 e. The van der Waals surface area contributed by atoms with E-state index < -0.39 is 0 Å². The molecule has 0 fully saturated rings. The fourth-order valence-electron chi connectivity index (χ4n) is 2.56. The van der Waals surface area contributed by atoms with Gasteiger partial charge in [-0.3, -0.25) is 9.89 Å². The van der Waals surface area contributed by atoms with E-state index in [0.717, 1.165) is 28.4 Å². The van der Waals surface area contributed by atoms with Crippen molar-refractivity contribution in [2.75, 3.05) is 12.4 Å². The molecule has 3 rings (SSSR count). The summed E-state index contributed by atoms with van der Waals surface area (Å²) in [5.41, 5.74) is 2.67.